The molecule has 1 aromatic carbocycles. The maximum absolute atomic E-state index is 14.1. The van der Waals surface area contributed by atoms with E-state index in [9.17, 15) is 9.18 Å². The van der Waals surface area contributed by atoms with Gasteiger partial charge in [-0.3, -0.25) is 4.79 Å². The summed E-state index contributed by atoms with van der Waals surface area (Å²) in [6, 6.07) is 5.09. The summed E-state index contributed by atoms with van der Waals surface area (Å²) in [4.78, 5) is 13.4. The van der Waals surface area contributed by atoms with E-state index in [4.69, 9.17) is 0 Å². The summed E-state index contributed by atoms with van der Waals surface area (Å²) in [7, 11) is 0. The fourth-order valence-corrected chi connectivity index (χ4v) is 8.47. The van der Waals surface area contributed by atoms with Crippen molar-refractivity contribution in [2.45, 2.75) is 78.6 Å². The van der Waals surface area contributed by atoms with E-state index in [0.29, 0.717) is 17.0 Å². The molecule has 0 bridgehead atoms. The van der Waals surface area contributed by atoms with Gasteiger partial charge in [-0.1, -0.05) is 32.4 Å². The zero-order valence-corrected chi connectivity index (χ0v) is 18.4. The first-order chi connectivity index (χ1) is 13.9. The summed E-state index contributed by atoms with van der Waals surface area (Å²) in [6.45, 7) is 6.62. The van der Waals surface area contributed by atoms with Crippen LogP contribution in [0.5, 0.6) is 0 Å². The molecule has 4 fully saturated rings. The molecule has 4 saturated carbocycles. The van der Waals surface area contributed by atoms with Crippen molar-refractivity contribution in [1.29, 1.82) is 0 Å². The highest BCUT2D eigenvalue weighted by molar-refractivity contribution is 5.98. The van der Waals surface area contributed by atoms with Crippen molar-refractivity contribution in [1.82, 2.24) is 0 Å². The van der Waals surface area contributed by atoms with Crippen molar-refractivity contribution in [2.24, 2.45) is 46.8 Å². The number of Topliss-reactive ketones (excluding diaryl/α,β-unsaturated/α-hetero) is 1. The van der Waals surface area contributed by atoms with Gasteiger partial charge in [-0.15, -0.1) is 0 Å². The molecule has 8 atom stereocenters. The van der Waals surface area contributed by atoms with Gasteiger partial charge in [-0.25, -0.2) is 4.39 Å². The van der Waals surface area contributed by atoms with Gasteiger partial charge in [0.05, 0.1) is 0 Å². The first-order valence-corrected chi connectivity index (χ1v) is 12.2. The summed E-state index contributed by atoms with van der Waals surface area (Å²) in [6.07, 6.45) is 11.9. The minimum absolute atomic E-state index is 0.0830. The first-order valence-electron chi connectivity index (χ1n) is 12.2. The van der Waals surface area contributed by atoms with Gasteiger partial charge >= 0.3 is 0 Å². The van der Waals surface area contributed by atoms with Gasteiger partial charge in [0, 0.05) is 11.5 Å². The van der Waals surface area contributed by atoms with Crippen LogP contribution >= 0.6 is 0 Å². The summed E-state index contributed by atoms with van der Waals surface area (Å²) in [5.41, 5.74) is 1.33. The monoisotopic (exact) mass is 396 g/mol. The van der Waals surface area contributed by atoms with E-state index >= 15 is 0 Å². The van der Waals surface area contributed by atoms with Gasteiger partial charge in [0.25, 0.3) is 0 Å². The third-order valence-electron chi connectivity index (χ3n) is 9.99. The zero-order valence-electron chi connectivity index (χ0n) is 18.4. The molecule has 0 amide bonds. The summed E-state index contributed by atoms with van der Waals surface area (Å²) in [5.74, 6) is 5.32. The number of fused-ring (bicyclic) bond motifs is 5. The molecule has 0 radical (unpaired) electrons. The number of hydrogen-bond acceptors (Lipinski definition) is 1. The van der Waals surface area contributed by atoms with Crippen molar-refractivity contribution < 1.29 is 9.18 Å². The van der Waals surface area contributed by atoms with E-state index in [1.165, 1.54) is 57.4 Å². The van der Waals surface area contributed by atoms with Gasteiger partial charge < -0.3 is 0 Å². The molecular weight excluding hydrogens is 359 g/mol. The Morgan fingerprint density at radius 3 is 2.59 bits per heavy atom. The number of aryl methyl sites for hydroxylation is 1. The van der Waals surface area contributed by atoms with Gasteiger partial charge in [-0.05, 0) is 111 Å². The summed E-state index contributed by atoms with van der Waals surface area (Å²) < 4.78 is 14.1. The summed E-state index contributed by atoms with van der Waals surface area (Å²) >= 11 is 0. The van der Waals surface area contributed by atoms with E-state index < -0.39 is 0 Å². The Morgan fingerprint density at radius 1 is 1.00 bits per heavy atom. The smallest absolute Gasteiger partial charge is 0.166 e. The lowest BCUT2D eigenvalue weighted by Crippen LogP contribution is -2.49. The molecule has 1 aromatic rings. The third kappa shape index (κ3) is 3.12. The van der Waals surface area contributed by atoms with E-state index in [1.54, 1.807) is 13.0 Å². The quantitative estimate of drug-likeness (QED) is 0.482. The lowest BCUT2D eigenvalue weighted by atomic mass is 9.49. The summed E-state index contributed by atoms with van der Waals surface area (Å²) in [5, 5.41) is 0. The number of halogens is 1. The largest absolute Gasteiger partial charge is 0.294 e. The van der Waals surface area contributed by atoms with Gasteiger partial charge in [0.2, 0.25) is 0 Å². The highest BCUT2D eigenvalue weighted by atomic mass is 19.1. The predicted molar refractivity (Wildman–Crippen MR) is 115 cm³/mol. The molecular formula is C27H37FO. The fourth-order valence-electron chi connectivity index (χ4n) is 8.47. The van der Waals surface area contributed by atoms with Crippen LogP contribution < -0.4 is 0 Å². The average molecular weight is 397 g/mol. The Bertz CT molecular complexity index is 800. The van der Waals surface area contributed by atoms with Crippen LogP contribution in [0.3, 0.4) is 0 Å². The molecule has 29 heavy (non-hydrogen) atoms. The van der Waals surface area contributed by atoms with E-state index in [-0.39, 0.29) is 22.9 Å². The molecule has 4 aliphatic rings. The molecule has 0 spiro atoms. The number of hydrogen-bond donors (Lipinski definition) is 0. The number of carbonyl (C=O) groups is 1. The lowest BCUT2D eigenvalue weighted by molar-refractivity contribution is -0.0634. The molecule has 158 valence electrons. The average Bonchev–Trinajstić information content (AvgIpc) is 3.06. The maximum atomic E-state index is 14.1. The molecule has 8 unspecified atom stereocenters. The second-order valence-electron chi connectivity index (χ2n) is 11.4. The van der Waals surface area contributed by atoms with E-state index in [0.717, 1.165) is 36.0 Å². The van der Waals surface area contributed by atoms with Crippen molar-refractivity contribution in [3.8, 4) is 0 Å². The Hall–Kier alpha value is -1.18. The number of benzene rings is 1. The second kappa shape index (κ2) is 7.20. The molecule has 0 heterocycles. The van der Waals surface area contributed by atoms with Crippen LogP contribution in [-0.2, 0) is 0 Å². The van der Waals surface area contributed by atoms with Crippen LogP contribution in [0.4, 0.5) is 4.39 Å². The molecule has 4 aliphatic carbocycles. The van der Waals surface area contributed by atoms with Crippen LogP contribution in [0.1, 0.15) is 87.6 Å². The van der Waals surface area contributed by atoms with Crippen LogP contribution in [-0.4, -0.2) is 5.78 Å². The molecule has 5 rings (SSSR count). The van der Waals surface area contributed by atoms with Crippen LogP contribution in [0, 0.1) is 59.6 Å². The molecule has 2 heteroatoms. The zero-order chi connectivity index (χ0) is 20.3. The number of ketones is 1. The predicted octanol–water partition coefficient (Wildman–Crippen LogP) is 7.22. The molecule has 0 N–H and O–H groups in total. The Labute approximate surface area is 175 Å². The van der Waals surface area contributed by atoms with Gasteiger partial charge in [0.15, 0.2) is 5.78 Å². The Morgan fingerprint density at radius 2 is 1.79 bits per heavy atom. The van der Waals surface area contributed by atoms with Gasteiger partial charge in [0.1, 0.15) is 5.82 Å². The Kier molecular flexibility index (Phi) is 4.91. The molecule has 0 aromatic heterocycles. The van der Waals surface area contributed by atoms with Crippen molar-refractivity contribution in [2.75, 3.05) is 0 Å². The normalized spacial score (nSPS) is 43.9. The highest BCUT2D eigenvalue weighted by Crippen LogP contribution is 2.64. The fraction of sp³-hybridized carbons (Fsp3) is 0.741. The standard InChI is InChI=1S/C27H37FO/c1-16-4-8-20-18(14-16)7-9-22-21(20)12-13-27(3)23(22)10-11-24(27)26(29)19-6-5-17(2)25(28)15-19/h5-6,15-16,18,20-24H,4,7-14H2,1-3H3. The second-order valence-corrected chi connectivity index (χ2v) is 11.4. The Balaban J connectivity index is 1.37. The molecule has 0 aliphatic heterocycles. The van der Waals surface area contributed by atoms with E-state index in [2.05, 4.69) is 13.8 Å². The number of carbonyl (C=O) groups excluding carboxylic acids is 1. The van der Waals surface area contributed by atoms with Crippen LogP contribution in [0.2, 0.25) is 0 Å². The third-order valence-corrected chi connectivity index (χ3v) is 9.99. The van der Waals surface area contributed by atoms with Crippen molar-refractivity contribution in [3.63, 3.8) is 0 Å². The van der Waals surface area contributed by atoms with Crippen LogP contribution in [0.15, 0.2) is 18.2 Å². The minimum atomic E-state index is -0.246. The highest BCUT2D eigenvalue weighted by Gasteiger charge is 2.58. The SMILES string of the molecule is Cc1ccc(C(=O)C2CCC3C4CCC5CC(C)CCC5C4CCC23C)cc1F. The molecule has 1 nitrogen and oxygen atoms in total. The van der Waals surface area contributed by atoms with Crippen molar-refractivity contribution in [3.05, 3.63) is 35.1 Å². The van der Waals surface area contributed by atoms with Gasteiger partial charge in [-0.2, -0.15) is 0 Å². The maximum Gasteiger partial charge on any atom is 0.166 e. The first kappa shape index (κ1) is 19.8. The minimum Gasteiger partial charge on any atom is -0.294 e. The van der Waals surface area contributed by atoms with E-state index in [1.807, 2.05) is 6.07 Å². The van der Waals surface area contributed by atoms with Crippen molar-refractivity contribution >= 4 is 5.78 Å². The van der Waals surface area contributed by atoms with Crippen LogP contribution in [0.25, 0.3) is 0 Å². The lowest BCUT2D eigenvalue weighted by Gasteiger charge is -2.56. The number of rotatable bonds is 2. The topological polar surface area (TPSA) is 17.1 Å². The molecule has 0 saturated heterocycles.